The Balaban J connectivity index is 2.54. The average Bonchev–Trinajstić information content (AvgIpc) is 2.28. The van der Waals surface area contributed by atoms with E-state index >= 15 is 0 Å². The van der Waals surface area contributed by atoms with Gasteiger partial charge in [0, 0.05) is 28.7 Å². The number of benzene rings is 1. The van der Waals surface area contributed by atoms with Crippen molar-refractivity contribution in [1.82, 2.24) is 4.57 Å². The van der Waals surface area contributed by atoms with E-state index in [0.717, 1.165) is 9.99 Å². The van der Waals surface area contributed by atoms with Gasteiger partial charge in [-0.1, -0.05) is 15.9 Å². The van der Waals surface area contributed by atoms with Gasteiger partial charge in [0.25, 0.3) is 0 Å². The molecule has 0 radical (unpaired) electrons. The molecule has 1 aromatic heterocycles. The molecule has 1 heterocycles. The number of hydrogen-bond acceptors (Lipinski definition) is 2. The standard InChI is InChI=1S/C12H10BrNO3/c13-8-1-2-10-9(7-8)11(15)3-5-14(10)6-4-12(16)17/h1-3,5,7H,4,6H2,(H,16,17). The zero-order chi connectivity index (χ0) is 12.4. The van der Waals surface area contributed by atoms with Crippen LogP contribution >= 0.6 is 15.9 Å². The first kappa shape index (κ1) is 11.9. The lowest BCUT2D eigenvalue weighted by atomic mass is 10.2. The van der Waals surface area contributed by atoms with Crippen LogP contribution in [-0.2, 0) is 11.3 Å². The van der Waals surface area contributed by atoms with Gasteiger partial charge in [-0.05, 0) is 18.2 Å². The summed E-state index contributed by atoms with van der Waals surface area (Å²) in [5, 5.41) is 9.25. The minimum atomic E-state index is -0.853. The number of carbonyl (C=O) groups is 1. The van der Waals surface area contributed by atoms with Crippen LogP contribution in [0.5, 0.6) is 0 Å². The SMILES string of the molecule is O=C(O)CCn1ccc(=O)c2cc(Br)ccc21. The number of carboxylic acid groups (broad SMARTS) is 1. The molecule has 1 N–H and O–H groups in total. The largest absolute Gasteiger partial charge is 0.481 e. The molecule has 2 rings (SSSR count). The molecule has 0 fully saturated rings. The van der Waals surface area contributed by atoms with Crippen LogP contribution in [0.4, 0.5) is 0 Å². The zero-order valence-electron chi connectivity index (χ0n) is 8.89. The van der Waals surface area contributed by atoms with Crippen molar-refractivity contribution in [2.75, 3.05) is 0 Å². The third kappa shape index (κ3) is 2.55. The van der Waals surface area contributed by atoms with E-state index in [4.69, 9.17) is 5.11 Å². The third-order valence-electron chi connectivity index (χ3n) is 2.51. The first-order chi connectivity index (χ1) is 8.08. The van der Waals surface area contributed by atoms with Crippen LogP contribution in [-0.4, -0.2) is 15.6 Å². The fourth-order valence-electron chi connectivity index (χ4n) is 1.69. The fraction of sp³-hybridized carbons (Fsp3) is 0.167. The number of halogens is 1. The number of carboxylic acids is 1. The van der Waals surface area contributed by atoms with Gasteiger partial charge >= 0.3 is 5.97 Å². The van der Waals surface area contributed by atoms with Crippen molar-refractivity contribution in [2.24, 2.45) is 0 Å². The monoisotopic (exact) mass is 295 g/mol. The fourth-order valence-corrected chi connectivity index (χ4v) is 2.06. The molecule has 0 unspecified atom stereocenters. The van der Waals surface area contributed by atoms with Gasteiger partial charge in [-0.2, -0.15) is 0 Å². The van der Waals surface area contributed by atoms with Gasteiger partial charge in [-0.25, -0.2) is 0 Å². The lowest BCUT2D eigenvalue weighted by Crippen LogP contribution is -2.10. The Kier molecular flexibility index (Phi) is 3.28. The lowest BCUT2D eigenvalue weighted by Gasteiger charge is -2.09. The minimum Gasteiger partial charge on any atom is -0.481 e. The zero-order valence-corrected chi connectivity index (χ0v) is 10.5. The van der Waals surface area contributed by atoms with Crippen molar-refractivity contribution in [1.29, 1.82) is 0 Å². The van der Waals surface area contributed by atoms with Crippen LogP contribution in [0.1, 0.15) is 6.42 Å². The maximum atomic E-state index is 11.7. The molecule has 17 heavy (non-hydrogen) atoms. The molecule has 5 heteroatoms. The highest BCUT2D eigenvalue weighted by atomic mass is 79.9. The second-order valence-corrected chi connectivity index (χ2v) is 4.59. The highest BCUT2D eigenvalue weighted by molar-refractivity contribution is 9.10. The molecule has 88 valence electrons. The van der Waals surface area contributed by atoms with Crippen molar-refractivity contribution in [2.45, 2.75) is 13.0 Å². The first-order valence-corrected chi connectivity index (χ1v) is 5.88. The number of aromatic nitrogens is 1. The van der Waals surface area contributed by atoms with Crippen molar-refractivity contribution in [3.63, 3.8) is 0 Å². The highest BCUT2D eigenvalue weighted by Crippen LogP contribution is 2.17. The third-order valence-corrected chi connectivity index (χ3v) is 3.00. The number of aryl methyl sites for hydroxylation is 1. The Hall–Kier alpha value is -1.62. The number of aliphatic carboxylic acids is 1. The Morgan fingerprint density at radius 3 is 2.82 bits per heavy atom. The summed E-state index contributed by atoms with van der Waals surface area (Å²) < 4.78 is 2.61. The van der Waals surface area contributed by atoms with E-state index in [9.17, 15) is 9.59 Å². The first-order valence-electron chi connectivity index (χ1n) is 5.08. The van der Waals surface area contributed by atoms with Gasteiger partial charge in [0.05, 0.1) is 11.9 Å². The summed E-state index contributed by atoms with van der Waals surface area (Å²) in [5.41, 5.74) is 0.690. The second-order valence-electron chi connectivity index (χ2n) is 3.68. The molecular formula is C12H10BrNO3. The quantitative estimate of drug-likeness (QED) is 0.945. The molecule has 0 saturated heterocycles. The maximum absolute atomic E-state index is 11.7. The van der Waals surface area contributed by atoms with E-state index in [1.54, 1.807) is 16.8 Å². The molecule has 0 aliphatic heterocycles. The van der Waals surface area contributed by atoms with Gasteiger partial charge in [0.1, 0.15) is 0 Å². The number of hydrogen-bond donors (Lipinski definition) is 1. The van der Waals surface area contributed by atoms with Crippen molar-refractivity contribution >= 4 is 32.8 Å². The smallest absolute Gasteiger partial charge is 0.305 e. The summed E-state index contributed by atoms with van der Waals surface area (Å²) in [5.74, 6) is -0.853. The van der Waals surface area contributed by atoms with Crippen LogP contribution in [0, 0.1) is 0 Å². The van der Waals surface area contributed by atoms with Gasteiger partial charge in [-0.15, -0.1) is 0 Å². The van der Waals surface area contributed by atoms with Crippen molar-refractivity contribution in [3.8, 4) is 0 Å². The summed E-state index contributed by atoms with van der Waals surface area (Å²) in [7, 11) is 0. The van der Waals surface area contributed by atoms with E-state index in [-0.39, 0.29) is 11.8 Å². The minimum absolute atomic E-state index is 0.0357. The van der Waals surface area contributed by atoms with Crippen LogP contribution < -0.4 is 5.43 Å². The molecule has 0 bridgehead atoms. The van der Waals surface area contributed by atoms with E-state index in [0.29, 0.717) is 11.9 Å². The normalized spacial score (nSPS) is 10.6. The molecule has 4 nitrogen and oxygen atoms in total. The average molecular weight is 296 g/mol. The van der Waals surface area contributed by atoms with Crippen molar-refractivity contribution in [3.05, 3.63) is 45.2 Å². The van der Waals surface area contributed by atoms with Crippen LogP contribution in [0.3, 0.4) is 0 Å². The van der Waals surface area contributed by atoms with Crippen LogP contribution in [0.15, 0.2) is 39.7 Å². The molecule has 0 atom stereocenters. The van der Waals surface area contributed by atoms with Crippen LogP contribution in [0.2, 0.25) is 0 Å². The summed E-state index contributed by atoms with van der Waals surface area (Å²) in [6.45, 7) is 0.355. The number of rotatable bonds is 3. The Bertz CT molecular complexity index is 633. The Morgan fingerprint density at radius 1 is 1.35 bits per heavy atom. The highest BCUT2D eigenvalue weighted by Gasteiger charge is 2.04. The summed E-state index contributed by atoms with van der Waals surface area (Å²) in [6.07, 6.45) is 1.66. The summed E-state index contributed by atoms with van der Waals surface area (Å²) in [6, 6.07) is 6.84. The second kappa shape index (κ2) is 4.71. The topological polar surface area (TPSA) is 59.3 Å². The molecular weight excluding hydrogens is 286 g/mol. The number of nitrogens with zero attached hydrogens (tertiary/aromatic N) is 1. The predicted octanol–water partition coefficient (Wildman–Crippen LogP) is 2.24. The van der Waals surface area contributed by atoms with Crippen molar-refractivity contribution < 1.29 is 9.90 Å². The maximum Gasteiger partial charge on any atom is 0.305 e. The van der Waals surface area contributed by atoms with Crippen LogP contribution in [0.25, 0.3) is 10.9 Å². The molecule has 0 aliphatic rings. The van der Waals surface area contributed by atoms with E-state index in [1.165, 1.54) is 6.07 Å². The molecule has 0 spiro atoms. The predicted molar refractivity (Wildman–Crippen MR) is 68.2 cm³/mol. The Labute approximate surface area is 106 Å². The lowest BCUT2D eigenvalue weighted by molar-refractivity contribution is -0.137. The Morgan fingerprint density at radius 2 is 2.12 bits per heavy atom. The van der Waals surface area contributed by atoms with Gasteiger partial charge in [-0.3, -0.25) is 9.59 Å². The molecule has 0 amide bonds. The van der Waals surface area contributed by atoms with Gasteiger partial charge < -0.3 is 9.67 Å². The van der Waals surface area contributed by atoms with E-state index in [2.05, 4.69) is 15.9 Å². The number of pyridine rings is 1. The molecule has 1 aromatic carbocycles. The van der Waals surface area contributed by atoms with Gasteiger partial charge in [0.2, 0.25) is 0 Å². The molecule has 2 aromatic rings. The molecule has 0 aliphatic carbocycles. The van der Waals surface area contributed by atoms with Gasteiger partial charge in [0.15, 0.2) is 5.43 Å². The molecule has 0 saturated carbocycles. The summed E-state index contributed by atoms with van der Waals surface area (Å²) >= 11 is 3.31. The van der Waals surface area contributed by atoms with E-state index in [1.807, 2.05) is 12.1 Å². The van der Waals surface area contributed by atoms with E-state index < -0.39 is 5.97 Å². The summed E-state index contributed by atoms with van der Waals surface area (Å²) in [4.78, 5) is 22.2. The number of fused-ring (bicyclic) bond motifs is 1.